The highest BCUT2D eigenvalue weighted by molar-refractivity contribution is 7.89. The van der Waals surface area contributed by atoms with Gasteiger partial charge in [-0.1, -0.05) is 41.9 Å². The van der Waals surface area contributed by atoms with Crippen LogP contribution in [-0.2, 0) is 21.2 Å². The van der Waals surface area contributed by atoms with Crippen molar-refractivity contribution in [3.63, 3.8) is 0 Å². The predicted octanol–water partition coefficient (Wildman–Crippen LogP) is 3.10. The van der Waals surface area contributed by atoms with Gasteiger partial charge in [-0.25, -0.2) is 8.42 Å². The molecule has 0 saturated heterocycles. The summed E-state index contributed by atoms with van der Waals surface area (Å²) in [6.07, 6.45) is 1.63. The number of likely N-dealkylation sites (N-methyl/N-ethyl adjacent to an activating group) is 1. The molecular weight excluding hydrogens is 372 g/mol. The number of aryl methyl sites for hydroxylation is 1. The van der Waals surface area contributed by atoms with Crippen LogP contribution in [0.5, 0.6) is 0 Å². The fourth-order valence-electron chi connectivity index (χ4n) is 2.49. The number of hydrogen-bond donors (Lipinski definition) is 1. The Morgan fingerprint density at radius 3 is 2.35 bits per heavy atom. The maximum Gasteiger partial charge on any atom is 0.243 e. The minimum absolute atomic E-state index is 0.0469. The van der Waals surface area contributed by atoms with Gasteiger partial charge in [-0.2, -0.15) is 4.31 Å². The average Bonchev–Trinajstić information content (AvgIpc) is 2.61. The van der Waals surface area contributed by atoms with Crippen LogP contribution >= 0.6 is 11.6 Å². The highest BCUT2D eigenvalue weighted by atomic mass is 35.5. The molecule has 0 spiro atoms. The first-order valence-corrected chi connectivity index (χ1v) is 10.2. The summed E-state index contributed by atoms with van der Waals surface area (Å²) < 4.78 is 26.0. The van der Waals surface area contributed by atoms with Gasteiger partial charge >= 0.3 is 0 Å². The van der Waals surface area contributed by atoms with Crippen molar-refractivity contribution in [3.05, 3.63) is 65.2 Å². The molecule has 26 heavy (non-hydrogen) atoms. The summed E-state index contributed by atoms with van der Waals surface area (Å²) in [6, 6.07) is 15.8. The van der Waals surface area contributed by atoms with Crippen LogP contribution in [0.3, 0.4) is 0 Å². The van der Waals surface area contributed by atoms with E-state index in [1.54, 1.807) is 0 Å². The summed E-state index contributed by atoms with van der Waals surface area (Å²) in [6.45, 7) is 1.68. The summed E-state index contributed by atoms with van der Waals surface area (Å²) in [7, 11) is -2.34. The fourth-order valence-corrected chi connectivity index (χ4v) is 3.75. The first kappa shape index (κ1) is 20.4. The van der Waals surface area contributed by atoms with Crippen molar-refractivity contribution in [2.45, 2.75) is 30.7 Å². The first-order chi connectivity index (χ1) is 12.3. The van der Waals surface area contributed by atoms with E-state index < -0.39 is 10.0 Å². The Morgan fingerprint density at radius 2 is 1.73 bits per heavy atom. The molecule has 0 radical (unpaired) electrons. The molecule has 2 aromatic rings. The maximum absolute atomic E-state index is 12.5. The Morgan fingerprint density at radius 1 is 1.12 bits per heavy atom. The van der Waals surface area contributed by atoms with Crippen LogP contribution in [0.4, 0.5) is 0 Å². The molecule has 0 aliphatic heterocycles. The topological polar surface area (TPSA) is 66.5 Å². The van der Waals surface area contributed by atoms with Gasteiger partial charge in [0.1, 0.15) is 0 Å². The van der Waals surface area contributed by atoms with Gasteiger partial charge < -0.3 is 5.32 Å². The summed E-state index contributed by atoms with van der Waals surface area (Å²) in [4.78, 5) is 12.3. The van der Waals surface area contributed by atoms with Crippen LogP contribution in [-0.4, -0.2) is 38.3 Å². The molecule has 0 heterocycles. The number of hydrogen-bond acceptors (Lipinski definition) is 3. The van der Waals surface area contributed by atoms with Crippen molar-refractivity contribution in [1.29, 1.82) is 0 Å². The van der Waals surface area contributed by atoms with Crippen molar-refractivity contribution >= 4 is 27.5 Å². The lowest BCUT2D eigenvalue weighted by atomic mass is 10.1. The van der Waals surface area contributed by atoms with Crippen molar-refractivity contribution in [3.8, 4) is 0 Å². The molecule has 1 N–H and O–H groups in total. The summed E-state index contributed by atoms with van der Waals surface area (Å²) >= 11 is 5.78. The number of benzene rings is 2. The molecule has 1 unspecified atom stereocenters. The van der Waals surface area contributed by atoms with Crippen LogP contribution in [0.15, 0.2) is 59.5 Å². The van der Waals surface area contributed by atoms with E-state index in [0.717, 1.165) is 17.1 Å². The monoisotopic (exact) mass is 394 g/mol. The lowest BCUT2D eigenvalue weighted by Crippen LogP contribution is -2.41. The van der Waals surface area contributed by atoms with Crippen LogP contribution in [0.2, 0.25) is 5.02 Å². The minimum atomic E-state index is -3.73. The van der Waals surface area contributed by atoms with Gasteiger partial charge in [0.25, 0.3) is 0 Å². The van der Waals surface area contributed by atoms with Gasteiger partial charge in [0.15, 0.2) is 0 Å². The Bertz CT molecular complexity index is 824. The molecule has 0 aliphatic carbocycles. The lowest BCUT2D eigenvalue weighted by Gasteiger charge is -2.19. The predicted molar refractivity (Wildman–Crippen MR) is 104 cm³/mol. The molecule has 7 heteroatoms. The molecule has 0 fully saturated rings. The third kappa shape index (κ3) is 5.83. The second-order valence-corrected chi connectivity index (χ2v) is 8.69. The van der Waals surface area contributed by atoms with Gasteiger partial charge in [-0.15, -0.1) is 0 Å². The fraction of sp³-hybridized carbons (Fsp3) is 0.316. The van der Waals surface area contributed by atoms with Gasteiger partial charge in [0.2, 0.25) is 15.9 Å². The zero-order valence-electron chi connectivity index (χ0n) is 14.9. The zero-order chi connectivity index (χ0) is 19.2. The standard InChI is InChI=1S/C19H23ClN2O3S/c1-15(8-9-16-6-4-3-5-7-16)21-19(23)14-22(2)26(24,25)18-12-10-17(20)11-13-18/h3-7,10-13,15H,8-9,14H2,1-2H3,(H,21,23). The Kier molecular flexibility index (Phi) is 7.20. The summed E-state index contributed by atoms with van der Waals surface area (Å²) in [5.74, 6) is -0.328. The van der Waals surface area contributed by atoms with Crippen LogP contribution in [0.1, 0.15) is 18.9 Å². The second-order valence-electron chi connectivity index (χ2n) is 6.21. The van der Waals surface area contributed by atoms with E-state index in [9.17, 15) is 13.2 Å². The number of sulfonamides is 1. The summed E-state index contributed by atoms with van der Waals surface area (Å²) in [5.41, 5.74) is 1.20. The number of carbonyl (C=O) groups is 1. The zero-order valence-corrected chi connectivity index (χ0v) is 16.4. The largest absolute Gasteiger partial charge is 0.352 e. The molecule has 5 nitrogen and oxygen atoms in total. The van der Waals surface area contributed by atoms with Gasteiger partial charge in [-0.05, 0) is 49.6 Å². The molecule has 2 aromatic carbocycles. The normalized spacial score (nSPS) is 12.8. The van der Waals surface area contributed by atoms with E-state index in [0.29, 0.717) is 5.02 Å². The van der Waals surface area contributed by atoms with Gasteiger partial charge in [-0.3, -0.25) is 4.79 Å². The molecule has 2 rings (SSSR count). The number of nitrogens with zero attached hydrogens (tertiary/aromatic N) is 1. The van der Waals surface area contributed by atoms with Gasteiger partial charge in [0, 0.05) is 18.1 Å². The molecule has 0 aromatic heterocycles. The Balaban J connectivity index is 1.86. The SMILES string of the molecule is CC(CCc1ccccc1)NC(=O)CN(C)S(=O)(=O)c1ccc(Cl)cc1. The third-order valence-corrected chi connectivity index (χ3v) is 6.07. The van der Waals surface area contributed by atoms with Crippen molar-refractivity contribution in [1.82, 2.24) is 9.62 Å². The number of nitrogens with one attached hydrogen (secondary N) is 1. The Labute approximate surface area is 160 Å². The Hall–Kier alpha value is -1.89. The van der Waals surface area contributed by atoms with Crippen molar-refractivity contribution in [2.75, 3.05) is 13.6 Å². The van der Waals surface area contributed by atoms with E-state index in [-0.39, 0.29) is 23.4 Å². The van der Waals surface area contributed by atoms with Crippen LogP contribution in [0, 0.1) is 0 Å². The van der Waals surface area contributed by atoms with E-state index in [2.05, 4.69) is 5.32 Å². The van der Waals surface area contributed by atoms with Crippen LogP contribution in [0.25, 0.3) is 0 Å². The van der Waals surface area contributed by atoms with Crippen molar-refractivity contribution < 1.29 is 13.2 Å². The molecule has 0 aliphatic rings. The minimum Gasteiger partial charge on any atom is -0.352 e. The maximum atomic E-state index is 12.5. The number of carbonyl (C=O) groups excluding carboxylic acids is 1. The third-order valence-electron chi connectivity index (χ3n) is 4.00. The van der Waals surface area contributed by atoms with E-state index in [1.165, 1.54) is 36.9 Å². The highest BCUT2D eigenvalue weighted by Gasteiger charge is 2.23. The van der Waals surface area contributed by atoms with E-state index in [4.69, 9.17) is 11.6 Å². The first-order valence-electron chi connectivity index (χ1n) is 8.34. The van der Waals surface area contributed by atoms with Crippen LogP contribution < -0.4 is 5.32 Å². The van der Waals surface area contributed by atoms with Crippen molar-refractivity contribution in [2.24, 2.45) is 0 Å². The highest BCUT2D eigenvalue weighted by Crippen LogP contribution is 2.17. The molecule has 1 atom stereocenters. The molecular formula is C19H23ClN2O3S. The number of halogens is 1. The van der Waals surface area contributed by atoms with E-state index >= 15 is 0 Å². The molecule has 0 saturated carbocycles. The average molecular weight is 395 g/mol. The number of amides is 1. The molecule has 0 bridgehead atoms. The molecule has 1 amide bonds. The molecule has 140 valence electrons. The number of rotatable bonds is 8. The second kappa shape index (κ2) is 9.16. The lowest BCUT2D eigenvalue weighted by molar-refractivity contribution is -0.121. The van der Waals surface area contributed by atoms with Gasteiger partial charge in [0.05, 0.1) is 11.4 Å². The quantitative estimate of drug-likeness (QED) is 0.748. The summed E-state index contributed by atoms with van der Waals surface area (Å²) in [5, 5.41) is 3.30. The smallest absolute Gasteiger partial charge is 0.243 e. The van der Waals surface area contributed by atoms with E-state index in [1.807, 2.05) is 37.3 Å².